The second-order valence-corrected chi connectivity index (χ2v) is 8.15. The van der Waals surface area contributed by atoms with Crippen LogP contribution in [0.25, 0.3) is 44.1 Å². The third-order valence-electron chi connectivity index (χ3n) is 5.07. The van der Waals surface area contributed by atoms with Gasteiger partial charge in [0, 0.05) is 22.8 Å². The van der Waals surface area contributed by atoms with Gasteiger partial charge >= 0.3 is 0 Å². The predicted molar refractivity (Wildman–Crippen MR) is 126 cm³/mol. The van der Waals surface area contributed by atoms with E-state index in [4.69, 9.17) is 13.9 Å². The third kappa shape index (κ3) is 4.02. The highest BCUT2D eigenvalue weighted by Gasteiger charge is 2.16. The molecule has 3 aromatic carbocycles. The zero-order valence-corrected chi connectivity index (χ0v) is 18.9. The molecule has 0 aliphatic rings. The summed E-state index contributed by atoms with van der Waals surface area (Å²) in [6.45, 7) is 0. The number of phenols is 2. The molecule has 34 heavy (non-hydrogen) atoms. The minimum Gasteiger partial charge on any atom is -0.508 e. The lowest BCUT2D eigenvalue weighted by Gasteiger charge is -2.05. The first kappa shape index (κ1) is 21.4. The minimum atomic E-state index is 0.0463. The monoisotopic (exact) mass is 474 g/mol. The summed E-state index contributed by atoms with van der Waals surface area (Å²) in [4.78, 5) is 0. The van der Waals surface area contributed by atoms with Crippen LogP contribution in [0.3, 0.4) is 0 Å². The number of rotatable bonds is 6. The van der Waals surface area contributed by atoms with E-state index in [0.29, 0.717) is 28.0 Å². The molecule has 0 fully saturated rings. The van der Waals surface area contributed by atoms with Gasteiger partial charge in [0.05, 0.1) is 19.8 Å². The highest BCUT2D eigenvalue weighted by molar-refractivity contribution is 7.17. The van der Waals surface area contributed by atoms with Gasteiger partial charge in [-0.05, 0) is 42.5 Å². The van der Waals surface area contributed by atoms with Crippen LogP contribution in [0.5, 0.6) is 23.0 Å². The molecule has 0 bridgehead atoms. The topological polar surface area (TPSA) is 124 Å². The summed E-state index contributed by atoms with van der Waals surface area (Å²) < 4.78 is 16.2. The Morgan fingerprint density at radius 1 is 0.676 bits per heavy atom. The Balaban J connectivity index is 1.38. The van der Waals surface area contributed by atoms with Crippen molar-refractivity contribution in [3.8, 4) is 67.0 Å². The molecule has 0 atom stereocenters. The van der Waals surface area contributed by atoms with Crippen LogP contribution in [-0.4, -0.2) is 44.8 Å². The van der Waals surface area contributed by atoms with E-state index in [1.165, 1.54) is 37.7 Å². The van der Waals surface area contributed by atoms with Gasteiger partial charge in [0.1, 0.15) is 21.5 Å². The van der Waals surface area contributed by atoms with Crippen molar-refractivity contribution >= 4 is 11.3 Å². The SMILES string of the molecule is COc1ccc(-c2nnc(-c3ccc(-c4nnc(-c5ccc(O)cc5OC)o4)cc3)s2)cc1O. The van der Waals surface area contributed by atoms with Gasteiger partial charge in [-0.25, -0.2) is 0 Å². The van der Waals surface area contributed by atoms with Crippen molar-refractivity contribution in [1.82, 2.24) is 20.4 Å². The average Bonchev–Trinajstić information content (AvgIpc) is 3.55. The molecule has 2 N–H and O–H groups in total. The molecular formula is C24H18N4O5S. The summed E-state index contributed by atoms with van der Waals surface area (Å²) in [7, 11) is 3.01. The maximum absolute atomic E-state index is 10.0. The first-order valence-corrected chi connectivity index (χ1v) is 10.9. The molecule has 0 saturated heterocycles. The van der Waals surface area contributed by atoms with E-state index in [-0.39, 0.29) is 17.4 Å². The lowest BCUT2D eigenvalue weighted by Crippen LogP contribution is -1.87. The Kier molecular flexibility index (Phi) is 5.56. The Bertz CT molecular complexity index is 1460. The molecule has 5 aromatic rings. The van der Waals surface area contributed by atoms with E-state index in [1.807, 2.05) is 30.3 Å². The van der Waals surface area contributed by atoms with Gasteiger partial charge < -0.3 is 24.1 Å². The van der Waals surface area contributed by atoms with Crippen LogP contribution in [0.15, 0.2) is 65.1 Å². The normalized spacial score (nSPS) is 10.9. The first-order valence-electron chi connectivity index (χ1n) is 10.1. The second-order valence-electron chi connectivity index (χ2n) is 7.17. The molecule has 5 rings (SSSR count). The molecule has 2 aromatic heterocycles. The van der Waals surface area contributed by atoms with Gasteiger partial charge in [-0.15, -0.1) is 20.4 Å². The number of nitrogens with zero attached hydrogens (tertiary/aromatic N) is 4. The van der Waals surface area contributed by atoms with Crippen LogP contribution in [0.4, 0.5) is 0 Å². The fraction of sp³-hybridized carbons (Fsp3) is 0.0833. The fourth-order valence-corrected chi connectivity index (χ4v) is 4.19. The van der Waals surface area contributed by atoms with E-state index in [1.54, 1.807) is 18.2 Å². The Morgan fingerprint density at radius 2 is 1.32 bits per heavy atom. The average molecular weight is 474 g/mol. The van der Waals surface area contributed by atoms with Crippen molar-refractivity contribution < 1.29 is 24.1 Å². The van der Waals surface area contributed by atoms with E-state index in [2.05, 4.69) is 20.4 Å². The van der Waals surface area contributed by atoms with Crippen molar-refractivity contribution in [1.29, 1.82) is 0 Å². The molecule has 0 radical (unpaired) electrons. The van der Waals surface area contributed by atoms with Gasteiger partial charge in [-0.3, -0.25) is 0 Å². The van der Waals surface area contributed by atoms with Gasteiger partial charge in [-0.2, -0.15) is 0 Å². The number of hydrogen-bond acceptors (Lipinski definition) is 10. The van der Waals surface area contributed by atoms with Crippen LogP contribution < -0.4 is 9.47 Å². The zero-order valence-electron chi connectivity index (χ0n) is 18.1. The summed E-state index contributed by atoms with van der Waals surface area (Å²) in [6.07, 6.45) is 0. The van der Waals surface area contributed by atoms with Gasteiger partial charge in [0.15, 0.2) is 11.5 Å². The first-order chi connectivity index (χ1) is 16.6. The quantitative estimate of drug-likeness (QED) is 0.349. The van der Waals surface area contributed by atoms with Crippen molar-refractivity contribution in [2.75, 3.05) is 14.2 Å². The highest BCUT2D eigenvalue weighted by atomic mass is 32.1. The van der Waals surface area contributed by atoms with E-state index in [9.17, 15) is 10.2 Å². The molecule has 170 valence electrons. The number of hydrogen-bond donors (Lipinski definition) is 2. The Hall–Kier alpha value is -4.44. The smallest absolute Gasteiger partial charge is 0.251 e. The van der Waals surface area contributed by atoms with E-state index < -0.39 is 0 Å². The Morgan fingerprint density at radius 3 is 2.03 bits per heavy atom. The maximum Gasteiger partial charge on any atom is 0.251 e. The second kappa shape index (κ2) is 8.83. The minimum absolute atomic E-state index is 0.0463. The van der Waals surface area contributed by atoms with Crippen LogP contribution in [0.1, 0.15) is 0 Å². The number of phenolic OH excluding ortho intramolecular Hbond substituents is 2. The van der Waals surface area contributed by atoms with Crippen LogP contribution in [-0.2, 0) is 0 Å². The van der Waals surface area contributed by atoms with Crippen molar-refractivity contribution in [2.45, 2.75) is 0 Å². The largest absolute Gasteiger partial charge is 0.508 e. The molecule has 0 aliphatic carbocycles. The molecule has 0 aliphatic heterocycles. The molecular weight excluding hydrogens is 456 g/mol. The van der Waals surface area contributed by atoms with Gasteiger partial charge in [-0.1, -0.05) is 23.5 Å². The molecule has 0 unspecified atom stereocenters. The van der Waals surface area contributed by atoms with Gasteiger partial charge in [0.2, 0.25) is 5.89 Å². The van der Waals surface area contributed by atoms with E-state index >= 15 is 0 Å². The predicted octanol–water partition coefficient (Wildman–Crippen LogP) is 5.02. The number of methoxy groups -OCH3 is 2. The molecule has 10 heteroatoms. The molecule has 9 nitrogen and oxygen atoms in total. The lowest BCUT2D eigenvalue weighted by molar-refractivity contribution is 0.373. The lowest BCUT2D eigenvalue weighted by atomic mass is 10.1. The number of benzene rings is 3. The van der Waals surface area contributed by atoms with Crippen molar-refractivity contribution in [2.24, 2.45) is 0 Å². The summed E-state index contributed by atoms with van der Waals surface area (Å²) in [5, 5.41) is 37.9. The molecule has 2 heterocycles. The van der Waals surface area contributed by atoms with Gasteiger partial charge in [0.25, 0.3) is 5.89 Å². The van der Waals surface area contributed by atoms with E-state index in [0.717, 1.165) is 21.7 Å². The van der Waals surface area contributed by atoms with Crippen LogP contribution in [0.2, 0.25) is 0 Å². The molecule has 0 saturated carbocycles. The number of ether oxygens (including phenoxy) is 2. The summed E-state index contributed by atoms with van der Waals surface area (Å²) >= 11 is 1.41. The standard InChI is InChI=1S/C24H18N4O5S/c1-31-19-10-7-15(11-18(19)30)24-28-27-23(34-24)14-5-3-13(4-6-14)21-25-26-22(33-21)17-9-8-16(29)12-20(17)32-2/h3-12,29-30H,1-2H3. The molecule has 0 spiro atoms. The molecule has 0 amide bonds. The zero-order chi connectivity index (χ0) is 23.7. The summed E-state index contributed by atoms with van der Waals surface area (Å²) in [6, 6.07) is 17.3. The van der Waals surface area contributed by atoms with Crippen LogP contribution in [0, 0.1) is 0 Å². The van der Waals surface area contributed by atoms with Crippen molar-refractivity contribution in [3.05, 3.63) is 60.7 Å². The Labute approximate surface area is 197 Å². The summed E-state index contributed by atoms with van der Waals surface area (Å²) in [5.41, 5.74) is 2.96. The highest BCUT2D eigenvalue weighted by Crippen LogP contribution is 2.36. The summed E-state index contributed by atoms with van der Waals surface area (Å²) in [5.74, 6) is 1.60. The fourth-order valence-electron chi connectivity index (χ4n) is 3.34. The number of aromatic hydroxyl groups is 2. The maximum atomic E-state index is 10.0. The van der Waals surface area contributed by atoms with Crippen molar-refractivity contribution in [3.63, 3.8) is 0 Å². The number of aromatic nitrogens is 4. The van der Waals surface area contributed by atoms with Crippen LogP contribution >= 0.6 is 11.3 Å². The third-order valence-corrected chi connectivity index (χ3v) is 6.09.